The number of benzene rings is 2. The number of aryl methyl sites for hydroxylation is 1. The molecule has 0 saturated heterocycles. The first-order valence-electron chi connectivity index (χ1n) is 10.1. The highest BCUT2D eigenvalue weighted by Gasteiger charge is 2.16. The normalized spacial score (nSPS) is 11.7. The van der Waals surface area contributed by atoms with Gasteiger partial charge in [0.2, 0.25) is 5.95 Å². The summed E-state index contributed by atoms with van der Waals surface area (Å²) in [6.45, 7) is 2.03. The third-order valence-corrected chi connectivity index (χ3v) is 6.46. The molecule has 0 radical (unpaired) electrons. The van der Waals surface area contributed by atoms with Gasteiger partial charge in [-0.15, -0.1) is 0 Å². The molecule has 1 N–H and O–H groups in total. The summed E-state index contributed by atoms with van der Waals surface area (Å²) in [5.74, 6) is -1.08. The minimum Gasteiger partial charge on any atom is -0.494 e. The first-order valence-corrected chi connectivity index (χ1v) is 12.0. The fraction of sp³-hybridized carbons (Fsp3) is 0.217. The van der Waals surface area contributed by atoms with Crippen molar-refractivity contribution in [3.8, 4) is 16.9 Å². The Kier molecular flexibility index (Phi) is 6.03. The average Bonchev–Trinajstić information content (AvgIpc) is 3.22. The molecule has 2 heterocycles. The summed E-state index contributed by atoms with van der Waals surface area (Å²) in [7, 11) is -1.99. The van der Waals surface area contributed by atoms with E-state index in [-0.39, 0.29) is 22.8 Å². The topological polar surface area (TPSA) is 85.6 Å². The molecular weight excluding hydrogens is 450 g/mol. The highest BCUT2D eigenvalue weighted by atomic mass is 32.2. The fourth-order valence-electron chi connectivity index (χ4n) is 3.60. The number of nitrogens with one attached hydrogen (secondary N) is 1. The lowest BCUT2D eigenvalue weighted by Crippen LogP contribution is -2.09. The van der Waals surface area contributed by atoms with Crippen LogP contribution < -0.4 is 10.1 Å². The second kappa shape index (κ2) is 8.78. The molecule has 0 spiro atoms. The maximum Gasteiger partial charge on any atom is 0.208 e. The number of hydrogen-bond donors (Lipinski definition) is 1. The van der Waals surface area contributed by atoms with Crippen LogP contribution in [0.25, 0.3) is 16.6 Å². The summed E-state index contributed by atoms with van der Waals surface area (Å²) in [4.78, 5) is 9.18. The minimum absolute atomic E-state index is 0.0462. The Morgan fingerprint density at radius 3 is 2.45 bits per heavy atom. The SMILES string of the molecule is CCc1ncn2c(NCc3cc(OC)c(F)cc3F)ncc(-c3ccc(S(C)(=O)=O)cc3)c12. The van der Waals surface area contributed by atoms with E-state index in [1.54, 1.807) is 41.2 Å². The largest absolute Gasteiger partial charge is 0.494 e. The monoisotopic (exact) mass is 472 g/mol. The zero-order chi connectivity index (χ0) is 23.8. The molecule has 33 heavy (non-hydrogen) atoms. The van der Waals surface area contributed by atoms with Crippen molar-refractivity contribution in [2.75, 3.05) is 18.7 Å². The van der Waals surface area contributed by atoms with Crippen LogP contribution in [-0.2, 0) is 22.8 Å². The molecule has 10 heteroatoms. The lowest BCUT2D eigenvalue weighted by Gasteiger charge is -2.13. The molecule has 0 aliphatic rings. The Labute approximate surface area is 190 Å². The summed E-state index contributed by atoms with van der Waals surface area (Å²) in [5, 5.41) is 3.08. The van der Waals surface area contributed by atoms with Gasteiger partial charge >= 0.3 is 0 Å². The van der Waals surface area contributed by atoms with Gasteiger partial charge in [0.05, 0.1) is 23.2 Å². The van der Waals surface area contributed by atoms with E-state index in [1.165, 1.54) is 13.2 Å². The predicted octanol–water partition coefficient (Wildman–Crippen LogP) is 4.26. The van der Waals surface area contributed by atoms with Crippen molar-refractivity contribution in [2.24, 2.45) is 0 Å². The Hall–Kier alpha value is -3.53. The quantitative estimate of drug-likeness (QED) is 0.433. The van der Waals surface area contributed by atoms with Crippen molar-refractivity contribution in [3.63, 3.8) is 0 Å². The smallest absolute Gasteiger partial charge is 0.208 e. The van der Waals surface area contributed by atoms with E-state index >= 15 is 0 Å². The van der Waals surface area contributed by atoms with Crippen LogP contribution in [0.2, 0.25) is 0 Å². The standard InChI is InChI=1S/C23H22F2N4O3S/c1-4-20-22-17(14-5-7-16(8-6-14)33(3,30)31)12-27-23(29(22)13-28-20)26-11-15-9-21(32-2)19(25)10-18(15)24/h5-10,12-13H,4,11H2,1-3H3,(H,26,27). The van der Waals surface area contributed by atoms with Crippen LogP contribution in [0.15, 0.2) is 53.8 Å². The zero-order valence-electron chi connectivity index (χ0n) is 18.3. The Morgan fingerprint density at radius 1 is 1.09 bits per heavy atom. The van der Waals surface area contributed by atoms with E-state index in [1.807, 2.05) is 6.92 Å². The number of nitrogens with zero attached hydrogens (tertiary/aromatic N) is 3. The number of rotatable bonds is 7. The van der Waals surface area contributed by atoms with E-state index in [2.05, 4.69) is 15.3 Å². The third kappa shape index (κ3) is 4.38. The van der Waals surface area contributed by atoms with E-state index in [0.717, 1.165) is 34.7 Å². The molecule has 4 aromatic rings. The van der Waals surface area contributed by atoms with Gasteiger partial charge in [-0.1, -0.05) is 19.1 Å². The highest BCUT2D eigenvalue weighted by Crippen LogP contribution is 2.30. The number of halogens is 2. The van der Waals surface area contributed by atoms with E-state index in [0.29, 0.717) is 12.4 Å². The van der Waals surface area contributed by atoms with Crippen molar-refractivity contribution >= 4 is 21.3 Å². The van der Waals surface area contributed by atoms with Crippen molar-refractivity contribution in [2.45, 2.75) is 24.8 Å². The van der Waals surface area contributed by atoms with Crippen molar-refractivity contribution < 1.29 is 21.9 Å². The van der Waals surface area contributed by atoms with Gasteiger partial charge in [-0.25, -0.2) is 27.2 Å². The van der Waals surface area contributed by atoms with Gasteiger partial charge in [0.1, 0.15) is 12.1 Å². The molecule has 0 saturated carbocycles. The summed E-state index contributed by atoms with van der Waals surface area (Å²) >= 11 is 0. The van der Waals surface area contributed by atoms with Gasteiger partial charge < -0.3 is 10.1 Å². The first-order chi connectivity index (χ1) is 15.7. The molecule has 2 aromatic carbocycles. The number of fused-ring (bicyclic) bond motifs is 1. The van der Waals surface area contributed by atoms with Gasteiger partial charge in [-0.2, -0.15) is 0 Å². The summed E-state index contributed by atoms with van der Waals surface area (Å²) in [5.41, 5.74) is 3.43. The minimum atomic E-state index is -3.30. The van der Waals surface area contributed by atoms with Crippen molar-refractivity contribution in [1.29, 1.82) is 0 Å². The molecule has 172 valence electrons. The van der Waals surface area contributed by atoms with Gasteiger partial charge in [0.15, 0.2) is 21.4 Å². The van der Waals surface area contributed by atoms with E-state index in [9.17, 15) is 17.2 Å². The van der Waals surface area contributed by atoms with Crippen LogP contribution in [0.4, 0.5) is 14.7 Å². The maximum absolute atomic E-state index is 14.2. The van der Waals surface area contributed by atoms with Gasteiger partial charge in [-0.3, -0.25) is 4.40 Å². The van der Waals surface area contributed by atoms with Crippen LogP contribution >= 0.6 is 0 Å². The fourth-order valence-corrected chi connectivity index (χ4v) is 4.23. The predicted molar refractivity (Wildman–Crippen MR) is 121 cm³/mol. The highest BCUT2D eigenvalue weighted by molar-refractivity contribution is 7.90. The Bertz CT molecular complexity index is 1430. The van der Waals surface area contributed by atoms with Gasteiger partial charge in [0, 0.05) is 36.2 Å². The Morgan fingerprint density at radius 2 is 1.82 bits per heavy atom. The van der Waals surface area contributed by atoms with Crippen molar-refractivity contribution in [1.82, 2.24) is 14.4 Å². The van der Waals surface area contributed by atoms with Crippen LogP contribution in [0.1, 0.15) is 18.2 Å². The maximum atomic E-state index is 14.2. The summed E-state index contributed by atoms with van der Waals surface area (Å²) < 4.78 is 58.2. The molecule has 4 rings (SSSR count). The molecule has 0 aliphatic carbocycles. The van der Waals surface area contributed by atoms with Crippen LogP contribution in [0, 0.1) is 11.6 Å². The number of anilines is 1. The number of hydrogen-bond acceptors (Lipinski definition) is 6. The van der Waals surface area contributed by atoms with E-state index < -0.39 is 21.5 Å². The lowest BCUT2D eigenvalue weighted by atomic mass is 10.1. The van der Waals surface area contributed by atoms with Crippen LogP contribution in [0.3, 0.4) is 0 Å². The van der Waals surface area contributed by atoms with Crippen molar-refractivity contribution in [3.05, 3.63) is 71.8 Å². The summed E-state index contributed by atoms with van der Waals surface area (Å²) in [6, 6.07) is 8.66. The number of sulfone groups is 1. The second-order valence-electron chi connectivity index (χ2n) is 7.49. The molecule has 0 aliphatic heterocycles. The number of methoxy groups -OCH3 is 1. The van der Waals surface area contributed by atoms with Gasteiger partial charge in [-0.05, 0) is 30.2 Å². The third-order valence-electron chi connectivity index (χ3n) is 5.33. The molecular formula is C23H22F2N4O3S. The van der Waals surface area contributed by atoms with Gasteiger partial charge in [0.25, 0.3) is 0 Å². The molecule has 7 nitrogen and oxygen atoms in total. The number of ether oxygens (including phenoxy) is 1. The number of imidazole rings is 1. The molecule has 0 bridgehead atoms. The second-order valence-corrected chi connectivity index (χ2v) is 9.50. The zero-order valence-corrected chi connectivity index (χ0v) is 19.1. The first kappa shape index (κ1) is 22.7. The van der Waals surface area contributed by atoms with Crippen LogP contribution in [-0.4, -0.2) is 36.2 Å². The lowest BCUT2D eigenvalue weighted by molar-refractivity contribution is 0.383. The van der Waals surface area contributed by atoms with Crippen LogP contribution in [0.5, 0.6) is 5.75 Å². The summed E-state index contributed by atoms with van der Waals surface area (Å²) in [6.07, 6.45) is 5.11. The number of aromatic nitrogens is 3. The molecule has 2 aromatic heterocycles. The molecule has 0 fully saturated rings. The molecule has 0 atom stereocenters. The van der Waals surface area contributed by atoms with E-state index in [4.69, 9.17) is 4.74 Å². The molecule has 0 amide bonds. The Balaban J connectivity index is 1.72. The average molecular weight is 473 g/mol. The molecule has 0 unspecified atom stereocenters.